The number of para-hydroxylation sites is 1. The van der Waals surface area contributed by atoms with E-state index in [1.807, 2.05) is 0 Å². The van der Waals surface area contributed by atoms with Crippen LogP contribution in [0.25, 0.3) is 10.9 Å². The van der Waals surface area contributed by atoms with Crippen molar-refractivity contribution in [2.24, 2.45) is 5.92 Å². The highest BCUT2D eigenvalue weighted by Gasteiger charge is 2.09. The van der Waals surface area contributed by atoms with Crippen LogP contribution in [0.2, 0.25) is 0 Å². The number of pyridine rings is 1. The van der Waals surface area contributed by atoms with Crippen LogP contribution in [0.1, 0.15) is 32.8 Å². The fourth-order valence-electron chi connectivity index (χ4n) is 2.61. The Hall–Kier alpha value is -1.61. The summed E-state index contributed by atoms with van der Waals surface area (Å²) in [6.07, 6.45) is 1.16. The summed E-state index contributed by atoms with van der Waals surface area (Å²) in [5, 5.41) is 4.76. The Kier molecular flexibility index (Phi) is 5.57. The maximum Gasteiger partial charge on any atom is 0.129 e. The molecule has 0 aliphatic rings. The van der Waals surface area contributed by atoms with Gasteiger partial charge < -0.3 is 10.2 Å². The third kappa shape index (κ3) is 4.18. The fourth-order valence-corrected chi connectivity index (χ4v) is 2.61. The quantitative estimate of drug-likeness (QED) is 0.784. The molecule has 1 aromatic carbocycles. The van der Waals surface area contributed by atoms with E-state index in [1.165, 1.54) is 10.9 Å². The molecule has 0 amide bonds. The van der Waals surface area contributed by atoms with Gasteiger partial charge in [0.25, 0.3) is 0 Å². The topological polar surface area (TPSA) is 28.2 Å². The van der Waals surface area contributed by atoms with Gasteiger partial charge in [-0.2, -0.15) is 0 Å². The number of nitrogens with one attached hydrogen (secondary N) is 1. The summed E-state index contributed by atoms with van der Waals surface area (Å²) in [5.74, 6) is 1.70. The van der Waals surface area contributed by atoms with Gasteiger partial charge in [-0.3, -0.25) is 0 Å². The number of aromatic nitrogens is 1. The van der Waals surface area contributed by atoms with Crippen LogP contribution >= 0.6 is 0 Å². The molecule has 1 N–H and O–H groups in total. The molecule has 1 heterocycles. The van der Waals surface area contributed by atoms with Gasteiger partial charge in [0.1, 0.15) is 5.82 Å². The number of benzene rings is 1. The zero-order valence-electron chi connectivity index (χ0n) is 13.7. The van der Waals surface area contributed by atoms with Crippen molar-refractivity contribution < 1.29 is 0 Å². The van der Waals surface area contributed by atoms with Crippen LogP contribution in [0.4, 0.5) is 5.82 Å². The maximum atomic E-state index is 4.82. The molecule has 0 saturated carbocycles. The lowest BCUT2D eigenvalue weighted by molar-refractivity contribution is 0.634. The predicted octanol–water partition coefficient (Wildman–Crippen LogP) is 3.83. The molecule has 0 saturated heterocycles. The molecule has 3 heteroatoms. The van der Waals surface area contributed by atoms with E-state index < -0.39 is 0 Å². The molecular formula is C18H27N3. The molecule has 0 bridgehead atoms. The van der Waals surface area contributed by atoms with Crippen molar-refractivity contribution in [1.82, 2.24) is 10.3 Å². The van der Waals surface area contributed by atoms with E-state index in [9.17, 15) is 0 Å². The molecule has 0 fully saturated rings. The van der Waals surface area contributed by atoms with Crippen molar-refractivity contribution >= 4 is 16.7 Å². The Morgan fingerprint density at radius 1 is 1.24 bits per heavy atom. The smallest absolute Gasteiger partial charge is 0.129 e. The van der Waals surface area contributed by atoms with Crippen LogP contribution < -0.4 is 10.2 Å². The van der Waals surface area contributed by atoms with Crippen LogP contribution in [0.15, 0.2) is 30.3 Å². The van der Waals surface area contributed by atoms with Crippen molar-refractivity contribution in [3.8, 4) is 0 Å². The molecule has 0 spiro atoms. The lowest BCUT2D eigenvalue weighted by Gasteiger charge is -2.22. The lowest BCUT2D eigenvalue weighted by Crippen LogP contribution is -2.24. The van der Waals surface area contributed by atoms with Gasteiger partial charge in [0.15, 0.2) is 0 Å². The van der Waals surface area contributed by atoms with E-state index in [0.717, 1.165) is 37.4 Å². The first-order valence-electron chi connectivity index (χ1n) is 7.92. The normalized spacial score (nSPS) is 11.3. The lowest BCUT2D eigenvalue weighted by atomic mass is 10.1. The molecule has 0 aliphatic carbocycles. The SMILES string of the molecule is CCCNCc1cc(N(C)CC(C)C)nc2ccccc12. The summed E-state index contributed by atoms with van der Waals surface area (Å²) in [6, 6.07) is 10.6. The van der Waals surface area contributed by atoms with Gasteiger partial charge in [-0.15, -0.1) is 0 Å². The molecule has 0 radical (unpaired) electrons. The standard InChI is InChI=1S/C18H27N3/c1-5-10-19-12-15-11-18(21(4)13-14(2)3)20-17-9-7-6-8-16(15)17/h6-9,11,14,19H,5,10,12-13H2,1-4H3. The second-order valence-corrected chi connectivity index (χ2v) is 6.11. The zero-order chi connectivity index (χ0) is 15.2. The van der Waals surface area contributed by atoms with Crippen LogP contribution in [0.5, 0.6) is 0 Å². The average molecular weight is 285 g/mol. The van der Waals surface area contributed by atoms with Gasteiger partial charge in [-0.1, -0.05) is 39.0 Å². The average Bonchev–Trinajstić information content (AvgIpc) is 2.46. The van der Waals surface area contributed by atoms with Gasteiger partial charge in [0.2, 0.25) is 0 Å². The first kappa shape index (κ1) is 15.8. The van der Waals surface area contributed by atoms with Crippen LogP contribution in [-0.2, 0) is 6.54 Å². The number of fused-ring (bicyclic) bond motifs is 1. The molecular weight excluding hydrogens is 258 g/mol. The Morgan fingerprint density at radius 3 is 2.71 bits per heavy atom. The summed E-state index contributed by atoms with van der Waals surface area (Å²) >= 11 is 0. The Balaban J connectivity index is 2.34. The molecule has 2 aromatic rings. The van der Waals surface area contributed by atoms with Gasteiger partial charge in [-0.05, 0) is 36.6 Å². The van der Waals surface area contributed by atoms with E-state index in [4.69, 9.17) is 4.98 Å². The number of rotatable bonds is 7. The number of anilines is 1. The minimum atomic E-state index is 0.630. The maximum absolute atomic E-state index is 4.82. The Labute approximate surface area is 128 Å². The molecule has 21 heavy (non-hydrogen) atoms. The zero-order valence-corrected chi connectivity index (χ0v) is 13.7. The summed E-state index contributed by atoms with van der Waals surface area (Å²) in [4.78, 5) is 7.07. The summed E-state index contributed by atoms with van der Waals surface area (Å²) < 4.78 is 0. The Morgan fingerprint density at radius 2 is 2.00 bits per heavy atom. The van der Waals surface area contributed by atoms with Crippen molar-refractivity contribution in [1.29, 1.82) is 0 Å². The third-order valence-electron chi connectivity index (χ3n) is 3.56. The molecule has 0 aliphatic heterocycles. The molecule has 114 valence electrons. The van der Waals surface area contributed by atoms with Crippen molar-refractivity contribution in [2.75, 3.05) is 25.0 Å². The number of nitrogens with zero attached hydrogens (tertiary/aromatic N) is 2. The van der Waals surface area contributed by atoms with E-state index in [-0.39, 0.29) is 0 Å². The van der Waals surface area contributed by atoms with Crippen LogP contribution in [-0.4, -0.2) is 25.1 Å². The highest BCUT2D eigenvalue weighted by Crippen LogP contribution is 2.23. The van der Waals surface area contributed by atoms with Crippen molar-refractivity contribution in [2.45, 2.75) is 33.7 Å². The van der Waals surface area contributed by atoms with Gasteiger partial charge in [-0.25, -0.2) is 4.98 Å². The van der Waals surface area contributed by atoms with Crippen molar-refractivity contribution in [3.05, 3.63) is 35.9 Å². The monoisotopic (exact) mass is 285 g/mol. The van der Waals surface area contributed by atoms with E-state index in [0.29, 0.717) is 5.92 Å². The largest absolute Gasteiger partial charge is 0.359 e. The minimum absolute atomic E-state index is 0.630. The van der Waals surface area contributed by atoms with Crippen LogP contribution in [0, 0.1) is 5.92 Å². The van der Waals surface area contributed by atoms with Gasteiger partial charge in [0.05, 0.1) is 5.52 Å². The molecule has 1 aromatic heterocycles. The van der Waals surface area contributed by atoms with E-state index in [1.54, 1.807) is 0 Å². The second kappa shape index (κ2) is 7.41. The Bertz CT molecular complexity index is 578. The third-order valence-corrected chi connectivity index (χ3v) is 3.56. The van der Waals surface area contributed by atoms with Gasteiger partial charge in [0, 0.05) is 25.5 Å². The molecule has 3 nitrogen and oxygen atoms in total. The number of hydrogen-bond acceptors (Lipinski definition) is 3. The van der Waals surface area contributed by atoms with E-state index in [2.05, 4.69) is 68.4 Å². The summed E-state index contributed by atoms with van der Waals surface area (Å²) in [6.45, 7) is 9.64. The highest BCUT2D eigenvalue weighted by molar-refractivity contribution is 5.84. The first-order valence-corrected chi connectivity index (χ1v) is 7.92. The van der Waals surface area contributed by atoms with E-state index >= 15 is 0 Å². The fraction of sp³-hybridized carbons (Fsp3) is 0.500. The van der Waals surface area contributed by atoms with Gasteiger partial charge >= 0.3 is 0 Å². The molecule has 0 unspecified atom stereocenters. The van der Waals surface area contributed by atoms with Crippen LogP contribution in [0.3, 0.4) is 0 Å². The summed E-state index contributed by atoms with van der Waals surface area (Å²) in [5.41, 5.74) is 2.42. The molecule has 2 rings (SSSR count). The predicted molar refractivity (Wildman–Crippen MR) is 91.8 cm³/mol. The minimum Gasteiger partial charge on any atom is -0.359 e. The number of hydrogen-bond donors (Lipinski definition) is 1. The molecule has 0 atom stereocenters. The second-order valence-electron chi connectivity index (χ2n) is 6.11. The first-order chi connectivity index (χ1) is 10.1. The highest BCUT2D eigenvalue weighted by atomic mass is 15.2. The van der Waals surface area contributed by atoms with Crippen molar-refractivity contribution in [3.63, 3.8) is 0 Å². The summed E-state index contributed by atoms with van der Waals surface area (Å²) in [7, 11) is 2.13.